The fraction of sp³-hybridized carbons (Fsp3) is 0.600. The van der Waals surface area contributed by atoms with Crippen LogP contribution in [-0.2, 0) is 6.54 Å². The molecule has 1 heterocycles. The van der Waals surface area contributed by atoms with Gasteiger partial charge in [-0.3, -0.25) is 4.68 Å². The third kappa shape index (κ3) is 3.07. The second kappa shape index (κ2) is 4.96. The molecule has 0 unspecified atom stereocenters. The van der Waals surface area contributed by atoms with Crippen molar-refractivity contribution in [2.45, 2.75) is 39.2 Å². The van der Waals surface area contributed by atoms with Crippen LogP contribution in [0.2, 0.25) is 0 Å². The first-order chi connectivity index (χ1) is 5.83. The molecule has 0 amide bonds. The van der Waals surface area contributed by atoms with Crippen molar-refractivity contribution < 1.29 is 0 Å². The van der Waals surface area contributed by atoms with E-state index < -0.39 is 0 Å². The van der Waals surface area contributed by atoms with Crippen LogP contribution in [0.3, 0.4) is 0 Å². The molecule has 1 aromatic rings. The molecule has 67 valence electrons. The predicted molar refractivity (Wildman–Crippen MR) is 50.8 cm³/mol. The minimum Gasteiger partial charge on any atom is -0.272 e. The first-order valence-corrected chi connectivity index (χ1v) is 4.67. The minimum absolute atomic E-state index is 1.01. The van der Waals surface area contributed by atoms with Gasteiger partial charge in [-0.15, -0.1) is 0 Å². The van der Waals surface area contributed by atoms with E-state index in [0.717, 1.165) is 12.1 Å². The molecule has 0 spiro atoms. The molecule has 0 aromatic carbocycles. The van der Waals surface area contributed by atoms with Crippen LogP contribution in [0.4, 0.5) is 0 Å². The SMILES string of the molecule is [CH2]c1cnn(CCCCCC)c1. The van der Waals surface area contributed by atoms with E-state index in [-0.39, 0.29) is 0 Å². The molecule has 0 aliphatic rings. The van der Waals surface area contributed by atoms with Crippen LogP contribution in [0, 0.1) is 6.92 Å². The van der Waals surface area contributed by atoms with E-state index in [4.69, 9.17) is 0 Å². The maximum Gasteiger partial charge on any atom is 0.0521 e. The van der Waals surface area contributed by atoms with Gasteiger partial charge in [0, 0.05) is 12.7 Å². The zero-order valence-electron chi connectivity index (χ0n) is 7.79. The highest BCUT2D eigenvalue weighted by Crippen LogP contribution is 2.02. The summed E-state index contributed by atoms with van der Waals surface area (Å²) in [6.45, 7) is 7.06. The molecule has 0 aliphatic carbocycles. The third-order valence-electron chi connectivity index (χ3n) is 1.93. The molecule has 0 aliphatic heterocycles. The number of nitrogens with zero attached hydrogens (tertiary/aromatic N) is 2. The molecule has 12 heavy (non-hydrogen) atoms. The predicted octanol–water partition coefficient (Wildman–Crippen LogP) is 2.65. The van der Waals surface area contributed by atoms with Gasteiger partial charge in [0.05, 0.1) is 6.20 Å². The van der Waals surface area contributed by atoms with Gasteiger partial charge in [-0.2, -0.15) is 5.10 Å². The van der Waals surface area contributed by atoms with Crippen molar-refractivity contribution in [2.24, 2.45) is 0 Å². The zero-order valence-corrected chi connectivity index (χ0v) is 7.79. The lowest BCUT2D eigenvalue weighted by atomic mass is 10.2. The summed E-state index contributed by atoms with van der Waals surface area (Å²) >= 11 is 0. The highest BCUT2D eigenvalue weighted by atomic mass is 15.3. The molecule has 0 fully saturated rings. The summed E-state index contributed by atoms with van der Waals surface area (Å²) in [4.78, 5) is 0. The van der Waals surface area contributed by atoms with Gasteiger partial charge in [0.1, 0.15) is 0 Å². The van der Waals surface area contributed by atoms with Crippen molar-refractivity contribution in [3.8, 4) is 0 Å². The average molecular weight is 165 g/mol. The molecule has 0 saturated heterocycles. The van der Waals surface area contributed by atoms with E-state index in [2.05, 4.69) is 18.9 Å². The second-order valence-electron chi connectivity index (χ2n) is 3.17. The van der Waals surface area contributed by atoms with Crippen molar-refractivity contribution in [2.75, 3.05) is 0 Å². The van der Waals surface area contributed by atoms with Gasteiger partial charge in [0.15, 0.2) is 0 Å². The molecule has 1 radical (unpaired) electrons. The zero-order chi connectivity index (χ0) is 8.81. The number of hydrogen-bond donors (Lipinski definition) is 0. The summed E-state index contributed by atoms with van der Waals surface area (Å²) in [7, 11) is 0. The first-order valence-electron chi connectivity index (χ1n) is 4.67. The van der Waals surface area contributed by atoms with Crippen LogP contribution >= 0.6 is 0 Å². The molecule has 2 heteroatoms. The van der Waals surface area contributed by atoms with Crippen LogP contribution in [0.5, 0.6) is 0 Å². The summed E-state index contributed by atoms with van der Waals surface area (Å²) in [5.41, 5.74) is 1.01. The van der Waals surface area contributed by atoms with E-state index in [9.17, 15) is 0 Å². The Morgan fingerprint density at radius 1 is 1.42 bits per heavy atom. The summed E-state index contributed by atoms with van der Waals surface area (Å²) in [6.07, 6.45) is 8.96. The Labute approximate surface area is 74.6 Å². The maximum absolute atomic E-state index is 4.17. The Morgan fingerprint density at radius 2 is 2.25 bits per heavy atom. The van der Waals surface area contributed by atoms with Crippen molar-refractivity contribution >= 4 is 0 Å². The lowest BCUT2D eigenvalue weighted by Crippen LogP contribution is -1.97. The quantitative estimate of drug-likeness (QED) is 0.613. The van der Waals surface area contributed by atoms with Gasteiger partial charge in [-0.05, 0) is 18.9 Å². The molecule has 0 N–H and O–H groups in total. The van der Waals surface area contributed by atoms with Gasteiger partial charge in [-0.25, -0.2) is 0 Å². The molecule has 1 rings (SSSR count). The van der Waals surface area contributed by atoms with Crippen molar-refractivity contribution in [3.05, 3.63) is 24.9 Å². The number of hydrogen-bond acceptors (Lipinski definition) is 1. The van der Waals surface area contributed by atoms with Gasteiger partial charge in [-0.1, -0.05) is 26.2 Å². The van der Waals surface area contributed by atoms with Crippen molar-refractivity contribution in [3.63, 3.8) is 0 Å². The van der Waals surface area contributed by atoms with E-state index >= 15 is 0 Å². The van der Waals surface area contributed by atoms with Gasteiger partial charge in [0.25, 0.3) is 0 Å². The van der Waals surface area contributed by atoms with Gasteiger partial charge >= 0.3 is 0 Å². The maximum atomic E-state index is 4.17. The lowest BCUT2D eigenvalue weighted by Gasteiger charge is -1.99. The number of aromatic nitrogens is 2. The Balaban J connectivity index is 2.15. The summed E-state index contributed by atoms with van der Waals surface area (Å²) in [6, 6.07) is 0. The third-order valence-corrected chi connectivity index (χ3v) is 1.93. The number of unbranched alkanes of at least 4 members (excludes halogenated alkanes) is 3. The normalized spacial score (nSPS) is 10.5. The Kier molecular flexibility index (Phi) is 3.85. The highest BCUT2D eigenvalue weighted by molar-refractivity contribution is 5.06. The molecular formula is C10H17N2. The average Bonchev–Trinajstić information content (AvgIpc) is 2.45. The van der Waals surface area contributed by atoms with Crippen LogP contribution in [0.25, 0.3) is 0 Å². The molecule has 1 aromatic heterocycles. The Bertz CT molecular complexity index is 215. The van der Waals surface area contributed by atoms with Gasteiger partial charge < -0.3 is 0 Å². The van der Waals surface area contributed by atoms with Crippen molar-refractivity contribution in [1.29, 1.82) is 0 Å². The van der Waals surface area contributed by atoms with Crippen molar-refractivity contribution in [1.82, 2.24) is 9.78 Å². The smallest absolute Gasteiger partial charge is 0.0521 e. The summed E-state index contributed by atoms with van der Waals surface area (Å²) in [5, 5.41) is 4.17. The molecule has 0 atom stereocenters. The first kappa shape index (κ1) is 9.30. The monoisotopic (exact) mass is 165 g/mol. The summed E-state index contributed by atoms with van der Waals surface area (Å²) in [5.74, 6) is 0. The summed E-state index contributed by atoms with van der Waals surface area (Å²) < 4.78 is 1.97. The van der Waals surface area contributed by atoms with Gasteiger partial charge in [0.2, 0.25) is 0 Å². The minimum atomic E-state index is 1.01. The highest BCUT2D eigenvalue weighted by Gasteiger charge is 1.92. The largest absolute Gasteiger partial charge is 0.272 e. The van der Waals surface area contributed by atoms with Crippen LogP contribution in [0.15, 0.2) is 12.4 Å². The topological polar surface area (TPSA) is 17.8 Å². The lowest BCUT2D eigenvalue weighted by molar-refractivity contribution is 0.541. The molecule has 0 saturated carbocycles. The van der Waals surface area contributed by atoms with Crippen LogP contribution < -0.4 is 0 Å². The van der Waals surface area contributed by atoms with Crippen LogP contribution in [0.1, 0.15) is 38.2 Å². The van der Waals surface area contributed by atoms with E-state index in [1.165, 1.54) is 25.7 Å². The second-order valence-corrected chi connectivity index (χ2v) is 3.17. The number of aryl methyl sites for hydroxylation is 1. The van der Waals surface area contributed by atoms with E-state index in [1.54, 1.807) is 6.20 Å². The number of rotatable bonds is 5. The van der Waals surface area contributed by atoms with E-state index in [1.807, 2.05) is 10.9 Å². The molecule has 2 nitrogen and oxygen atoms in total. The fourth-order valence-corrected chi connectivity index (χ4v) is 1.23. The molecular weight excluding hydrogens is 148 g/mol. The Hall–Kier alpha value is -0.790. The standard InChI is InChI=1S/C10H17N2/c1-3-4-5-6-7-12-9-10(2)8-11-12/h8-9H,2-7H2,1H3. The van der Waals surface area contributed by atoms with E-state index in [0.29, 0.717) is 0 Å². The molecule has 0 bridgehead atoms. The Morgan fingerprint density at radius 3 is 2.83 bits per heavy atom. The van der Waals surface area contributed by atoms with Crippen LogP contribution in [-0.4, -0.2) is 9.78 Å². The fourth-order valence-electron chi connectivity index (χ4n) is 1.23.